The van der Waals surface area contributed by atoms with Gasteiger partial charge in [0.15, 0.2) is 0 Å². The van der Waals surface area contributed by atoms with Crippen LogP contribution in [0.15, 0.2) is 10.5 Å². The molecule has 1 rings (SSSR count). The Morgan fingerprint density at radius 3 is 2.53 bits per heavy atom. The molecule has 0 saturated heterocycles. The monoisotopic (exact) mass is 257 g/mol. The lowest BCUT2D eigenvalue weighted by Gasteiger charge is -2.17. The maximum Gasteiger partial charge on any atom is 0.255 e. The van der Waals surface area contributed by atoms with E-state index in [0.717, 1.165) is 12.2 Å². The number of halogens is 1. The lowest BCUT2D eigenvalue weighted by Crippen LogP contribution is -2.37. The van der Waals surface area contributed by atoms with Gasteiger partial charge in [-0.3, -0.25) is 4.79 Å². The number of nitrogens with one attached hydrogen (secondary N) is 1. The Morgan fingerprint density at radius 1 is 1.47 bits per heavy atom. The molecule has 1 N–H and O–H groups in total. The number of alkyl halides is 1. The van der Waals surface area contributed by atoms with E-state index < -0.39 is 0 Å². The molecule has 1 amide bonds. The first-order valence-electron chi connectivity index (χ1n) is 5.88. The Kier molecular flexibility index (Phi) is 5.06. The average Bonchev–Trinajstić information content (AvgIpc) is 2.56. The van der Waals surface area contributed by atoms with Crippen molar-refractivity contribution in [1.29, 1.82) is 0 Å². The second-order valence-corrected chi connectivity index (χ2v) is 5.09. The summed E-state index contributed by atoms with van der Waals surface area (Å²) in [6.07, 6.45) is 0.880. The van der Waals surface area contributed by atoms with E-state index in [2.05, 4.69) is 19.2 Å². The van der Waals surface area contributed by atoms with Crippen molar-refractivity contribution in [1.82, 2.24) is 5.32 Å². The molecule has 0 spiro atoms. The van der Waals surface area contributed by atoms with Crippen molar-refractivity contribution < 1.29 is 9.21 Å². The second kappa shape index (κ2) is 6.10. The van der Waals surface area contributed by atoms with Gasteiger partial charge in [0.25, 0.3) is 5.91 Å². The fourth-order valence-electron chi connectivity index (χ4n) is 1.85. The van der Waals surface area contributed by atoms with Gasteiger partial charge in [0.05, 0.1) is 5.56 Å². The molecule has 0 radical (unpaired) electrons. The Hall–Kier alpha value is -0.960. The van der Waals surface area contributed by atoms with Crippen molar-refractivity contribution in [3.8, 4) is 0 Å². The van der Waals surface area contributed by atoms with Gasteiger partial charge in [-0.1, -0.05) is 13.8 Å². The van der Waals surface area contributed by atoms with Crippen LogP contribution in [0.3, 0.4) is 0 Å². The first-order valence-corrected chi connectivity index (χ1v) is 6.41. The van der Waals surface area contributed by atoms with Crippen LogP contribution < -0.4 is 5.32 Å². The molecule has 1 heterocycles. The summed E-state index contributed by atoms with van der Waals surface area (Å²) in [5, 5.41) is 2.94. The molecule has 1 aromatic heterocycles. The van der Waals surface area contributed by atoms with Crippen molar-refractivity contribution in [2.45, 2.75) is 40.2 Å². The number of aryl methyl sites for hydroxylation is 2. The molecular formula is C13H20ClNO2. The lowest BCUT2D eigenvalue weighted by molar-refractivity contribution is 0.0935. The Labute approximate surface area is 108 Å². The Balaban J connectivity index is 2.67. The van der Waals surface area contributed by atoms with Crippen LogP contribution >= 0.6 is 11.6 Å². The van der Waals surface area contributed by atoms with Crippen LogP contribution in [0.4, 0.5) is 0 Å². The summed E-state index contributed by atoms with van der Waals surface area (Å²) >= 11 is 5.85. The highest BCUT2D eigenvalue weighted by Gasteiger charge is 2.17. The summed E-state index contributed by atoms with van der Waals surface area (Å²) < 4.78 is 5.34. The molecule has 3 nitrogen and oxygen atoms in total. The van der Waals surface area contributed by atoms with Gasteiger partial charge in [0.1, 0.15) is 11.5 Å². The first kappa shape index (κ1) is 14.1. The van der Waals surface area contributed by atoms with Gasteiger partial charge < -0.3 is 9.73 Å². The predicted octanol–water partition coefficient (Wildman–Crippen LogP) is 3.28. The van der Waals surface area contributed by atoms with Crippen LogP contribution in [-0.2, 0) is 0 Å². The van der Waals surface area contributed by atoms with Crippen molar-refractivity contribution >= 4 is 17.5 Å². The highest BCUT2D eigenvalue weighted by molar-refractivity contribution is 6.18. The van der Waals surface area contributed by atoms with E-state index in [4.69, 9.17) is 16.0 Å². The van der Waals surface area contributed by atoms with Crippen LogP contribution in [0.2, 0.25) is 0 Å². The van der Waals surface area contributed by atoms with Gasteiger partial charge in [-0.05, 0) is 32.3 Å². The molecule has 0 aliphatic rings. The van der Waals surface area contributed by atoms with Crippen LogP contribution in [0.5, 0.6) is 0 Å². The van der Waals surface area contributed by atoms with Crippen LogP contribution in [-0.4, -0.2) is 17.8 Å². The summed E-state index contributed by atoms with van der Waals surface area (Å²) in [5.41, 5.74) is 0.598. The zero-order chi connectivity index (χ0) is 13.0. The minimum absolute atomic E-state index is 0.0128. The molecule has 96 valence electrons. The Bertz CT molecular complexity index is 385. The van der Waals surface area contributed by atoms with Gasteiger partial charge in [0.2, 0.25) is 0 Å². The summed E-state index contributed by atoms with van der Waals surface area (Å²) in [4.78, 5) is 12.0. The first-order chi connectivity index (χ1) is 7.93. The van der Waals surface area contributed by atoms with Gasteiger partial charge in [-0.2, -0.15) is 0 Å². The van der Waals surface area contributed by atoms with Crippen LogP contribution in [0.1, 0.15) is 42.1 Å². The normalized spacial score (nSPS) is 12.8. The molecule has 1 aromatic rings. The Morgan fingerprint density at radius 2 is 2.12 bits per heavy atom. The highest BCUT2D eigenvalue weighted by atomic mass is 35.5. The number of furan rings is 1. The number of rotatable bonds is 5. The van der Waals surface area contributed by atoms with Crippen molar-refractivity contribution in [2.75, 3.05) is 5.88 Å². The predicted molar refractivity (Wildman–Crippen MR) is 69.6 cm³/mol. The third kappa shape index (κ3) is 4.08. The van der Waals surface area contributed by atoms with Crippen LogP contribution in [0.25, 0.3) is 0 Å². The molecule has 4 heteroatoms. The molecule has 0 saturated carbocycles. The van der Waals surface area contributed by atoms with E-state index in [1.54, 1.807) is 13.0 Å². The molecule has 1 atom stereocenters. The summed E-state index contributed by atoms with van der Waals surface area (Å²) in [6.45, 7) is 7.84. The van der Waals surface area contributed by atoms with E-state index in [1.807, 2.05) is 6.92 Å². The molecule has 0 aromatic carbocycles. The van der Waals surface area contributed by atoms with E-state index in [1.165, 1.54) is 0 Å². The second-order valence-electron chi connectivity index (χ2n) is 4.78. The average molecular weight is 258 g/mol. The molecule has 0 aliphatic carbocycles. The largest absolute Gasteiger partial charge is 0.466 e. The number of carbonyl (C=O) groups is 1. The van der Waals surface area contributed by atoms with Gasteiger partial charge in [-0.15, -0.1) is 11.6 Å². The summed E-state index contributed by atoms with van der Waals surface area (Å²) in [6, 6.07) is 1.77. The molecule has 0 bridgehead atoms. The molecule has 0 fully saturated rings. The van der Waals surface area contributed by atoms with Crippen molar-refractivity contribution in [3.63, 3.8) is 0 Å². The fraction of sp³-hybridized carbons (Fsp3) is 0.615. The molecule has 0 aliphatic heterocycles. The van der Waals surface area contributed by atoms with E-state index in [0.29, 0.717) is 23.1 Å². The SMILES string of the molecule is Cc1cc(C(=O)NC(CCl)CC(C)C)c(C)o1. The third-order valence-electron chi connectivity index (χ3n) is 2.56. The van der Waals surface area contributed by atoms with Gasteiger partial charge in [0, 0.05) is 11.9 Å². The molecular weight excluding hydrogens is 238 g/mol. The van der Waals surface area contributed by atoms with Crippen molar-refractivity contribution in [2.24, 2.45) is 5.92 Å². The standard InChI is InChI=1S/C13H20ClNO2/c1-8(2)5-11(7-14)15-13(16)12-6-9(3)17-10(12)4/h6,8,11H,5,7H2,1-4H3,(H,15,16). The smallest absolute Gasteiger partial charge is 0.255 e. The minimum Gasteiger partial charge on any atom is -0.466 e. The van der Waals surface area contributed by atoms with Gasteiger partial charge in [-0.25, -0.2) is 0 Å². The maximum atomic E-state index is 12.0. The summed E-state index contributed by atoms with van der Waals surface area (Å²) in [7, 11) is 0. The lowest BCUT2D eigenvalue weighted by atomic mass is 10.0. The number of hydrogen-bond donors (Lipinski definition) is 1. The molecule has 1 unspecified atom stereocenters. The fourth-order valence-corrected chi connectivity index (χ4v) is 2.05. The topological polar surface area (TPSA) is 42.2 Å². The quantitative estimate of drug-likeness (QED) is 0.823. The van der Waals surface area contributed by atoms with Crippen LogP contribution in [0, 0.1) is 19.8 Å². The number of amides is 1. The van der Waals surface area contributed by atoms with Gasteiger partial charge >= 0.3 is 0 Å². The third-order valence-corrected chi connectivity index (χ3v) is 2.94. The minimum atomic E-state index is -0.106. The van der Waals surface area contributed by atoms with E-state index >= 15 is 0 Å². The number of carbonyl (C=O) groups excluding carboxylic acids is 1. The van der Waals surface area contributed by atoms with Crippen molar-refractivity contribution in [3.05, 3.63) is 23.2 Å². The zero-order valence-electron chi connectivity index (χ0n) is 10.8. The van der Waals surface area contributed by atoms with E-state index in [-0.39, 0.29) is 11.9 Å². The number of hydrogen-bond acceptors (Lipinski definition) is 2. The molecule has 17 heavy (non-hydrogen) atoms. The maximum absolute atomic E-state index is 12.0. The zero-order valence-corrected chi connectivity index (χ0v) is 11.6. The summed E-state index contributed by atoms with van der Waals surface area (Å²) in [5.74, 6) is 2.23. The van der Waals surface area contributed by atoms with E-state index in [9.17, 15) is 4.79 Å². The highest BCUT2D eigenvalue weighted by Crippen LogP contribution is 2.14.